The maximum Gasteiger partial charge on any atom is 0.0597 e. The molecule has 3 heteroatoms. The van der Waals surface area contributed by atoms with Crippen LogP contribution < -0.4 is 5.32 Å². The van der Waals surface area contributed by atoms with Crippen molar-refractivity contribution in [3.63, 3.8) is 0 Å². The molecule has 0 aromatic heterocycles. The summed E-state index contributed by atoms with van der Waals surface area (Å²) in [6, 6.07) is 0.208. The van der Waals surface area contributed by atoms with Gasteiger partial charge in [0.05, 0.1) is 6.61 Å². The van der Waals surface area contributed by atoms with Crippen molar-refractivity contribution >= 4 is 0 Å². The van der Waals surface area contributed by atoms with E-state index >= 15 is 0 Å². The van der Waals surface area contributed by atoms with E-state index < -0.39 is 0 Å². The summed E-state index contributed by atoms with van der Waals surface area (Å²) in [4.78, 5) is 2.04. The Morgan fingerprint density at radius 1 is 1.56 bits per heavy atom. The lowest BCUT2D eigenvalue weighted by Crippen LogP contribution is -2.38. The monoisotopic (exact) mass is 132 g/mol. The molecule has 0 aliphatic heterocycles. The summed E-state index contributed by atoms with van der Waals surface area (Å²) in [7, 11) is 5.82. The first-order valence-corrected chi connectivity index (χ1v) is 3.13. The fourth-order valence-corrected chi connectivity index (χ4v) is 0.681. The van der Waals surface area contributed by atoms with E-state index in [4.69, 9.17) is 5.11 Å². The van der Waals surface area contributed by atoms with Crippen molar-refractivity contribution in [3.8, 4) is 0 Å². The Morgan fingerprint density at radius 3 is 2.22 bits per heavy atom. The summed E-state index contributed by atoms with van der Waals surface area (Å²) in [5, 5.41) is 11.7. The molecule has 0 saturated heterocycles. The molecule has 56 valence electrons. The molecule has 0 aromatic carbocycles. The minimum atomic E-state index is 0.203. The minimum Gasteiger partial charge on any atom is -0.395 e. The number of aliphatic hydroxyl groups is 1. The van der Waals surface area contributed by atoms with Gasteiger partial charge in [-0.05, 0) is 21.1 Å². The molecule has 9 heavy (non-hydrogen) atoms. The van der Waals surface area contributed by atoms with Crippen molar-refractivity contribution in [2.45, 2.75) is 6.04 Å². The zero-order valence-corrected chi connectivity index (χ0v) is 6.39. The quantitative estimate of drug-likeness (QED) is 0.522. The summed E-state index contributed by atoms with van der Waals surface area (Å²) < 4.78 is 0. The molecule has 0 aliphatic carbocycles. The van der Waals surface area contributed by atoms with E-state index in [0.717, 1.165) is 6.54 Å². The van der Waals surface area contributed by atoms with Gasteiger partial charge in [0.25, 0.3) is 0 Å². The Morgan fingerprint density at radius 2 is 2.11 bits per heavy atom. The fraction of sp³-hybridized carbons (Fsp3) is 1.00. The summed E-state index contributed by atoms with van der Waals surface area (Å²) in [6.07, 6.45) is 0. The van der Waals surface area contributed by atoms with Crippen LogP contribution in [0.4, 0.5) is 0 Å². The van der Waals surface area contributed by atoms with Gasteiger partial charge in [0.1, 0.15) is 0 Å². The van der Waals surface area contributed by atoms with Crippen molar-refractivity contribution in [1.29, 1.82) is 0 Å². The summed E-state index contributed by atoms with van der Waals surface area (Å²) in [5.74, 6) is 0. The number of nitrogens with one attached hydrogen (secondary N) is 1. The lowest BCUT2D eigenvalue weighted by Gasteiger charge is -2.17. The molecule has 0 saturated carbocycles. The average molecular weight is 132 g/mol. The topological polar surface area (TPSA) is 35.5 Å². The van der Waals surface area contributed by atoms with Crippen molar-refractivity contribution in [1.82, 2.24) is 10.2 Å². The molecule has 0 amide bonds. The predicted molar refractivity (Wildman–Crippen MR) is 38.5 cm³/mol. The van der Waals surface area contributed by atoms with Crippen molar-refractivity contribution in [2.24, 2.45) is 0 Å². The van der Waals surface area contributed by atoms with Gasteiger partial charge in [0.2, 0.25) is 0 Å². The molecule has 0 aliphatic rings. The molecule has 2 N–H and O–H groups in total. The molecule has 0 spiro atoms. The van der Waals surface area contributed by atoms with Crippen LogP contribution in [0.3, 0.4) is 0 Å². The Balaban J connectivity index is 3.31. The van der Waals surface area contributed by atoms with E-state index in [1.165, 1.54) is 0 Å². The summed E-state index contributed by atoms with van der Waals surface area (Å²) in [6.45, 7) is 1.08. The maximum absolute atomic E-state index is 8.69. The first kappa shape index (κ1) is 8.88. The first-order chi connectivity index (χ1) is 4.20. The average Bonchev–Trinajstić information content (AvgIpc) is 1.82. The van der Waals surface area contributed by atoms with E-state index in [1.54, 1.807) is 0 Å². The van der Waals surface area contributed by atoms with Crippen molar-refractivity contribution in [2.75, 3.05) is 34.3 Å². The third kappa shape index (κ3) is 4.39. The van der Waals surface area contributed by atoms with Crippen molar-refractivity contribution < 1.29 is 5.11 Å². The van der Waals surface area contributed by atoms with Crippen LogP contribution >= 0.6 is 0 Å². The lowest BCUT2D eigenvalue weighted by atomic mass is 10.3. The third-order valence-electron chi connectivity index (χ3n) is 1.21. The predicted octanol–water partition coefficient (Wildman–Crippen LogP) is -0.872. The normalized spacial score (nSPS) is 14.3. The van der Waals surface area contributed by atoms with Gasteiger partial charge in [-0.1, -0.05) is 0 Å². The Hall–Kier alpha value is -0.120. The molecular weight excluding hydrogens is 116 g/mol. The standard InChI is InChI=1S/C6H16N2O/c1-7-6(5-9)4-8(2)3/h6-7,9H,4-5H2,1-3H3/t6-/m1/s1. The molecule has 0 heterocycles. The highest BCUT2D eigenvalue weighted by Gasteiger charge is 2.03. The smallest absolute Gasteiger partial charge is 0.0597 e. The molecule has 0 rings (SSSR count). The summed E-state index contributed by atoms with van der Waals surface area (Å²) in [5.41, 5.74) is 0. The second-order valence-corrected chi connectivity index (χ2v) is 2.43. The van der Waals surface area contributed by atoms with Gasteiger partial charge in [0, 0.05) is 12.6 Å². The van der Waals surface area contributed by atoms with E-state index in [-0.39, 0.29) is 12.6 Å². The SMILES string of the molecule is CN[C@@H](CO)CN(C)C. The van der Waals surface area contributed by atoms with Crippen LogP contribution in [0.15, 0.2) is 0 Å². The van der Waals surface area contributed by atoms with Gasteiger partial charge in [-0.2, -0.15) is 0 Å². The number of aliphatic hydroxyl groups excluding tert-OH is 1. The highest BCUT2D eigenvalue weighted by Crippen LogP contribution is 1.82. The minimum absolute atomic E-state index is 0.203. The molecule has 0 bridgehead atoms. The molecule has 1 atom stereocenters. The van der Waals surface area contributed by atoms with Gasteiger partial charge in [-0.25, -0.2) is 0 Å². The van der Waals surface area contributed by atoms with Crippen LogP contribution in [0.5, 0.6) is 0 Å². The Bertz CT molecular complexity index is 62.1. The Kier molecular flexibility index (Phi) is 4.67. The number of hydrogen-bond acceptors (Lipinski definition) is 3. The van der Waals surface area contributed by atoms with Crippen LogP contribution in [-0.2, 0) is 0 Å². The van der Waals surface area contributed by atoms with Crippen LogP contribution in [-0.4, -0.2) is 50.3 Å². The molecule has 0 unspecified atom stereocenters. The molecule has 3 nitrogen and oxygen atoms in total. The van der Waals surface area contributed by atoms with E-state index in [9.17, 15) is 0 Å². The maximum atomic E-state index is 8.69. The zero-order chi connectivity index (χ0) is 7.28. The van der Waals surface area contributed by atoms with E-state index in [1.807, 2.05) is 26.0 Å². The van der Waals surface area contributed by atoms with Crippen LogP contribution in [0.2, 0.25) is 0 Å². The first-order valence-electron chi connectivity index (χ1n) is 3.13. The van der Waals surface area contributed by atoms with Gasteiger partial charge < -0.3 is 15.3 Å². The molecule has 0 aromatic rings. The molecule has 0 radical (unpaired) electrons. The number of hydrogen-bond donors (Lipinski definition) is 2. The lowest BCUT2D eigenvalue weighted by molar-refractivity contribution is 0.218. The van der Waals surface area contributed by atoms with Gasteiger partial charge >= 0.3 is 0 Å². The zero-order valence-electron chi connectivity index (χ0n) is 6.39. The number of rotatable bonds is 4. The number of nitrogens with zero attached hydrogens (tertiary/aromatic N) is 1. The van der Waals surface area contributed by atoms with Crippen LogP contribution in [0.25, 0.3) is 0 Å². The largest absolute Gasteiger partial charge is 0.395 e. The highest BCUT2D eigenvalue weighted by atomic mass is 16.3. The second kappa shape index (κ2) is 4.73. The Labute approximate surface area is 56.7 Å². The van der Waals surface area contributed by atoms with Gasteiger partial charge in [-0.15, -0.1) is 0 Å². The summed E-state index contributed by atoms with van der Waals surface area (Å²) >= 11 is 0. The van der Waals surface area contributed by atoms with Crippen LogP contribution in [0, 0.1) is 0 Å². The van der Waals surface area contributed by atoms with E-state index in [2.05, 4.69) is 5.32 Å². The third-order valence-corrected chi connectivity index (χ3v) is 1.21. The van der Waals surface area contributed by atoms with Crippen LogP contribution in [0.1, 0.15) is 0 Å². The van der Waals surface area contributed by atoms with E-state index in [0.29, 0.717) is 0 Å². The number of likely N-dealkylation sites (N-methyl/N-ethyl adjacent to an activating group) is 2. The highest BCUT2D eigenvalue weighted by molar-refractivity contribution is 4.64. The van der Waals surface area contributed by atoms with Gasteiger partial charge in [0.15, 0.2) is 0 Å². The second-order valence-electron chi connectivity index (χ2n) is 2.43. The molecular formula is C6H16N2O. The fourth-order valence-electron chi connectivity index (χ4n) is 0.681. The van der Waals surface area contributed by atoms with Gasteiger partial charge in [-0.3, -0.25) is 0 Å². The molecule has 0 fully saturated rings. The van der Waals surface area contributed by atoms with Crippen molar-refractivity contribution in [3.05, 3.63) is 0 Å².